The number of ketones is 1. The summed E-state index contributed by atoms with van der Waals surface area (Å²) in [5.41, 5.74) is 0.534. The summed E-state index contributed by atoms with van der Waals surface area (Å²) in [7, 11) is 1.40. The second-order valence-electron chi connectivity index (χ2n) is 5.10. The van der Waals surface area contributed by atoms with Gasteiger partial charge in [0.25, 0.3) is 0 Å². The molecule has 0 atom stereocenters. The summed E-state index contributed by atoms with van der Waals surface area (Å²) in [6.07, 6.45) is 1.54. The molecule has 0 radical (unpaired) electrons. The van der Waals surface area contributed by atoms with Gasteiger partial charge in [-0.3, -0.25) is 4.79 Å². The molecule has 2 aromatic rings. The average Bonchev–Trinajstić information content (AvgIpc) is 3.29. The Morgan fingerprint density at radius 1 is 1.10 bits per heavy atom. The number of hydrogen-bond acceptors (Lipinski definition) is 2. The van der Waals surface area contributed by atoms with E-state index in [1.807, 2.05) is 30.3 Å². The van der Waals surface area contributed by atoms with E-state index in [4.69, 9.17) is 4.74 Å². The molecule has 0 bridgehead atoms. The second-order valence-corrected chi connectivity index (χ2v) is 5.10. The average molecular weight is 270 g/mol. The molecular weight excluding hydrogens is 255 g/mol. The summed E-state index contributed by atoms with van der Waals surface area (Å²) in [5, 5.41) is 0. The van der Waals surface area contributed by atoms with E-state index in [2.05, 4.69) is 0 Å². The van der Waals surface area contributed by atoms with Gasteiger partial charge in [-0.1, -0.05) is 36.4 Å². The molecule has 0 N–H and O–H groups in total. The zero-order valence-corrected chi connectivity index (χ0v) is 11.2. The molecule has 1 fully saturated rings. The number of hydrogen-bond donors (Lipinski definition) is 0. The molecule has 3 rings (SSSR count). The molecule has 102 valence electrons. The molecule has 0 amide bonds. The van der Waals surface area contributed by atoms with E-state index in [9.17, 15) is 9.18 Å². The first kappa shape index (κ1) is 12.9. The van der Waals surface area contributed by atoms with Gasteiger partial charge in [0.05, 0.1) is 18.1 Å². The summed E-state index contributed by atoms with van der Waals surface area (Å²) in [4.78, 5) is 12.7. The third-order valence-corrected chi connectivity index (χ3v) is 3.94. The first-order valence-electron chi connectivity index (χ1n) is 6.62. The molecule has 1 aliphatic carbocycles. The van der Waals surface area contributed by atoms with Crippen molar-refractivity contribution in [1.82, 2.24) is 0 Å². The first-order valence-corrected chi connectivity index (χ1v) is 6.62. The minimum Gasteiger partial charge on any atom is -0.494 e. The molecule has 20 heavy (non-hydrogen) atoms. The lowest BCUT2D eigenvalue weighted by atomic mass is 9.87. The number of halogens is 1. The van der Waals surface area contributed by atoms with Crippen LogP contribution >= 0.6 is 0 Å². The van der Waals surface area contributed by atoms with E-state index in [-0.39, 0.29) is 17.1 Å². The van der Waals surface area contributed by atoms with Crippen LogP contribution in [0.1, 0.15) is 28.8 Å². The lowest BCUT2D eigenvalue weighted by Crippen LogP contribution is -2.21. The summed E-state index contributed by atoms with van der Waals surface area (Å²) in [6.45, 7) is 0. The molecule has 0 spiro atoms. The van der Waals surface area contributed by atoms with Crippen molar-refractivity contribution in [3.05, 3.63) is 65.5 Å². The minimum atomic E-state index is -0.567. The topological polar surface area (TPSA) is 26.3 Å². The monoisotopic (exact) mass is 270 g/mol. The lowest BCUT2D eigenvalue weighted by molar-refractivity contribution is 0.0941. The predicted octanol–water partition coefficient (Wildman–Crippen LogP) is 3.75. The Kier molecular flexibility index (Phi) is 3.05. The Bertz CT molecular complexity index is 645. The molecule has 1 aliphatic rings. The standard InChI is InChI=1S/C17H15FO2/c1-20-14-9-5-8-13(15(14)18)16(19)17(10-11-17)12-6-3-2-4-7-12/h2-9H,10-11H2,1H3. The van der Waals surface area contributed by atoms with Gasteiger partial charge in [-0.15, -0.1) is 0 Å². The fourth-order valence-electron chi connectivity index (χ4n) is 2.63. The summed E-state index contributed by atoms with van der Waals surface area (Å²) in [6, 6.07) is 14.3. The van der Waals surface area contributed by atoms with Crippen LogP contribution in [0.2, 0.25) is 0 Å². The van der Waals surface area contributed by atoms with Crippen molar-refractivity contribution in [1.29, 1.82) is 0 Å². The van der Waals surface area contributed by atoms with Gasteiger partial charge in [-0.05, 0) is 30.5 Å². The molecule has 2 aromatic carbocycles. The molecule has 0 heterocycles. The van der Waals surface area contributed by atoms with E-state index in [1.165, 1.54) is 19.2 Å². The zero-order chi connectivity index (χ0) is 14.2. The van der Waals surface area contributed by atoms with E-state index < -0.39 is 11.2 Å². The molecule has 1 saturated carbocycles. The van der Waals surface area contributed by atoms with Gasteiger partial charge >= 0.3 is 0 Å². The van der Waals surface area contributed by atoms with Crippen molar-refractivity contribution < 1.29 is 13.9 Å². The highest BCUT2D eigenvalue weighted by molar-refractivity contribution is 6.06. The summed E-state index contributed by atoms with van der Waals surface area (Å²) < 4.78 is 19.2. The molecule has 0 unspecified atom stereocenters. The fraction of sp³-hybridized carbons (Fsp3) is 0.235. The number of methoxy groups -OCH3 is 1. The number of carbonyl (C=O) groups excluding carboxylic acids is 1. The van der Waals surface area contributed by atoms with Crippen molar-refractivity contribution in [3.63, 3.8) is 0 Å². The van der Waals surface area contributed by atoms with E-state index in [0.717, 1.165) is 18.4 Å². The summed E-state index contributed by atoms with van der Waals surface area (Å²) >= 11 is 0. The van der Waals surface area contributed by atoms with Crippen molar-refractivity contribution >= 4 is 5.78 Å². The van der Waals surface area contributed by atoms with Crippen LogP contribution in [0.3, 0.4) is 0 Å². The number of benzene rings is 2. The highest BCUT2D eigenvalue weighted by atomic mass is 19.1. The smallest absolute Gasteiger partial charge is 0.176 e. The second kappa shape index (κ2) is 4.75. The van der Waals surface area contributed by atoms with Crippen molar-refractivity contribution in [2.75, 3.05) is 7.11 Å². The van der Waals surface area contributed by atoms with Gasteiger partial charge in [-0.25, -0.2) is 4.39 Å². The van der Waals surface area contributed by atoms with Crippen LogP contribution in [0.4, 0.5) is 4.39 Å². The maximum absolute atomic E-state index is 14.3. The Morgan fingerprint density at radius 2 is 1.80 bits per heavy atom. The van der Waals surface area contributed by atoms with Crippen LogP contribution in [0.5, 0.6) is 5.75 Å². The minimum absolute atomic E-state index is 0.111. The molecular formula is C17H15FO2. The fourth-order valence-corrected chi connectivity index (χ4v) is 2.63. The van der Waals surface area contributed by atoms with Gasteiger partial charge < -0.3 is 4.74 Å². The first-order chi connectivity index (χ1) is 9.69. The molecule has 2 nitrogen and oxygen atoms in total. The normalized spacial score (nSPS) is 15.7. The molecule has 0 aliphatic heterocycles. The van der Waals surface area contributed by atoms with Crippen molar-refractivity contribution in [2.24, 2.45) is 0 Å². The molecule has 3 heteroatoms. The number of carbonyl (C=O) groups is 1. The summed E-state index contributed by atoms with van der Waals surface area (Å²) in [5.74, 6) is -0.609. The quantitative estimate of drug-likeness (QED) is 0.791. The maximum Gasteiger partial charge on any atom is 0.176 e. The Hall–Kier alpha value is -2.16. The van der Waals surface area contributed by atoms with Crippen LogP contribution in [0.25, 0.3) is 0 Å². The number of rotatable bonds is 4. The van der Waals surface area contributed by atoms with Crippen LogP contribution in [0, 0.1) is 5.82 Å². The van der Waals surface area contributed by atoms with Crippen LogP contribution in [-0.2, 0) is 5.41 Å². The Labute approximate surface area is 117 Å². The van der Waals surface area contributed by atoms with Gasteiger partial charge in [0.1, 0.15) is 0 Å². The largest absolute Gasteiger partial charge is 0.494 e. The van der Waals surface area contributed by atoms with Crippen molar-refractivity contribution in [2.45, 2.75) is 18.3 Å². The Balaban J connectivity index is 2.02. The van der Waals surface area contributed by atoms with E-state index in [0.29, 0.717) is 0 Å². The third kappa shape index (κ3) is 1.90. The SMILES string of the molecule is COc1cccc(C(=O)C2(c3ccccc3)CC2)c1F. The lowest BCUT2D eigenvalue weighted by Gasteiger charge is -2.15. The van der Waals surface area contributed by atoms with E-state index in [1.54, 1.807) is 6.07 Å². The van der Waals surface area contributed by atoms with E-state index >= 15 is 0 Å². The van der Waals surface area contributed by atoms with Gasteiger partial charge in [0, 0.05) is 0 Å². The van der Waals surface area contributed by atoms with Crippen LogP contribution < -0.4 is 4.74 Å². The molecule has 0 saturated heterocycles. The molecule has 0 aromatic heterocycles. The Morgan fingerprint density at radius 3 is 2.40 bits per heavy atom. The maximum atomic E-state index is 14.3. The van der Waals surface area contributed by atoms with Crippen molar-refractivity contribution in [3.8, 4) is 5.75 Å². The van der Waals surface area contributed by atoms with Gasteiger partial charge in [0.2, 0.25) is 0 Å². The van der Waals surface area contributed by atoms with Crippen LogP contribution in [-0.4, -0.2) is 12.9 Å². The number of Topliss-reactive ketones (excluding diaryl/α,β-unsaturated/α-hetero) is 1. The zero-order valence-electron chi connectivity index (χ0n) is 11.2. The number of ether oxygens (including phenoxy) is 1. The van der Waals surface area contributed by atoms with Crippen LogP contribution in [0.15, 0.2) is 48.5 Å². The van der Waals surface area contributed by atoms with Gasteiger partial charge in [-0.2, -0.15) is 0 Å². The predicted molar refractivity (Wildman–Crippen MR) is 74.6 cm³/mol. The highest BCUT2D eigenvalue weighted by Gasteiger charge is 2.51. The van der Waals surface area contributed by atoms with Gasteiger partial charge in [0.15, 0.2) is 17.3 Å². The third-order valence-electron chi connectivity index (χ3n) is 3.94. The highest BCUT2D eigenvalue weighted by Crippen LogP contribution is 2.50.